The third kappa shape index (κ3) is 6.48. The Kier molecular flexibility index (Phi) is 6.85. The van der Waals surface area contributed by atoms with E-state index in [1.54, 1.807) is 18.2 Å². The Morgan fingerprint density at radius 2 is 1.96 bits per heavy atom. The molecule has 0 bridgehead atoms. The molecule has 130 valence electrons. The maximum atomic E-state index is 5.92. The van der Waals surface area contributed by atoms with Crippen molar-refractivity contribution in [3.05, 3.63) is 59.5 Å². The van der Waals surface area contributed by atoms with Crippen LogP contribution in [0.4, 0.5) is 11.5 Å². The van der Waals surface area contributed by atoms with Gasteiger partial charge in [-0.05, 0) is 50.3 Å². The summed E-state index contributed by atoms with van der Waals surface area (Å²) in [5.41, 5.74) is 1.66. The van der Waals surface area contributed by atoms with Crippen molar-refractivity contribution < 1.29 is 0 Å². The van der Waals surface area contributed by atoms with E-state index in [1.807, 2.05) is 32.0 Å². The number of thiocarbonyl (C=S) groups is 1. The predicted molar refractivity (Wildman–Crippen MR) is 108 cm³/mol. The van der Waals surface area contributed by atoms with Crippen LogP contribution < -0.4 is 16.0 Å². The summed E-state index contributed by atoms with van der Waals surface area (Å²) in [5.74, 6) is 1.72. The van der Waals surface area contributed by atoms with Gasteiger partial charge in [-0.15, -0.1) is 6.58 Å². The van der Waals surface area contributed by atoms with Crippen molar-refractivity contribution in [3.8, 4) is 0 Å². The summed E-state index contributed by atoms with van der Waals surface area (Å²) in [6.07, 6.45) is 1.71. The van der Waals surface area contributed by atoms with Crippen molar-refractivity contribution in [2.75, 3.05) is 17.2 Å². The number of nitrogens with one attached hydrogen (secondary N) is 3. The highest BCUT2D eigenvalue weighted by Gasteiger charge is 2.06. The topological polar surface area (TPSA) is 74.2 Å². The van der Waals surface area contributed by atoms with Crippen LogP contribution in [0.5, 0.6) is 0 Å². The minimum Gasteiger partial charge on any atom is -0.357 e. The number of nitrogens with zero attached hydrogens (tertiary/aromatic N) is 3. The van der Waals surface area contributed by atoms with E-state index in [0.29, 0.717) is 34.3 Å². The van der Waals surface area contributed by atoms with Gasteiger partial charge in [0.1, 0.15) is 11.6 Å². The maximum Gasteiger partial charge on any atom is 0.208 e. The largest absolute Gasteiger partial charge is 0.357 e. The molecule has 0 aliphatic carbocycles. The Morgan fingerprint density at radius 1 is 1.24 bits per heavy atom. The standard InChI is InChI=1S/C17H19ClN6S/c1-4-9-19-17(25)24-16(22-14-7-5-13(18)6-8-14)23-15-10-11(2)20-12(3)21-15/h4-8,10H,1,9H2,2-3H3,(H3,19,20,21,22,23,24,25). The molecule has 0 saturated heterocycles. The Bertz CT molecular complexity index is 768. The number of aliphatic imine (C=N–C) groups is 1. The van der Waals surface area contributed by atoms with Crippen molar-refractivity contribution in [1.82, 2.24) is 15.3 Å². The molecule has 0 spiro atoms. The van der Waals surface area contributed by atoms with Gasteiger partial charge in [-0.25, -0.2) is 9.97 Å². The molecule has 0 saturated carbocycles. The van der Waals surface area contributed by atoms with Gasteiger partial charge >= 0.3 is 0 Å². The Labute approximate surface area is 157 Å². The summed E-state index contributed by atoms with van der Waals surface area (Å²) in [4.78, 5) is 13.0. The first-order valence-corrected chi connectivity index (χ1v) is 8.34. The first-order chi connectivity index (χ1) is 12.0. The monoisotopic (exact) mass is 374 g/mol. The second-order valence-corrected chi connectivity index (χ2v) is 5.96. The highest BCUT2D eigenvalue weighted by atomic mass is 35.5. The molecule has 0 unspecified atom stereocenters. The highest BCUT2D eigenvalue weighted by Crippen LogP contribution is 2.14. The van der Waals surface area contributed by atoms with Crippen molar-refractivity contribution in [1.29, 1.82) is 0 Å². The number of hydrogen-bond acceptors (Lipinski definition) is 3. The summed E-state index contributed by atoms with van der Waals surface area (Å²) < 4.78 is 0. The van der Waals surface area contributed by atoms with Crippen LogP contribution in [0, 0.1) is 13.8 Å². The highest BCUT2D eigenvalue weighted by molar-refractivity contribution is 7.80. The number of aromatic nitrogens is 2. The maximum absolute atomic E-state index is 5.92. The van der Waals surface area contributed by atoms with Crippen LogP contribution in [0.2, 0.25) is 5.02 Å². The first-order valence-electron chi connectivity index (χ1n) is 7.55. The number of aryl methyl sites for hydroxylation is 2. The van der Waals surface area contributed by atoms with Crippen LogP contribution in [0.1, 0.15) is 11.5 Å². The summed E-state index contributed by atoms with van der Waals surface area (Å²) in [7, 11) is 0. The van der Waals surface area contributed by atoms with Crippen molar-refractivity contribution in [2.24, 2.45) is 4.99 Å². The van der Waals surface area contributed by atoms with Crippen molar-refractivity contribution >= 4 is 46.4 Å². The van der Waals surface area contributed by atoms with E-state index in [-0.39, 0.29) is 0 Å². The molecule has 0 atom stereocenters. The molecule has 1 heterocycles. The van der Waals surface area contributed by atoms with Gasteiger partial charge in [0.15, 0.2) is 5.11 Å². The SMILES string of the molecule is C=CCNC(=S)/N=C(/Nc1ccc(Cl)cc1)Nc1cc(C)nc(C)n1. The van der Waals surface area contributed by atoms with Gasteiger partial charge in [0.05, 0.1) is 0 Å². The Balaban J connectivity index is 2.23. The lowest BCUT2D eigenvalue weighted by Crippen LogP contribution is -2.28. The summed E-state index contributed by atoms with van der Waals surface area (Å²) in [6.45, 7) is 7.91. The number of halogens is 1. The zero-order chi connectivity index (χ0) is 18.2. The van der Waals surface area contributed by atoms with Gasteiger partial charge in [-0.2, -0.15) is 4.99 Å². The zero-order valence-corrected chi connectivity index (χ0v) is 15.6. The number of hydrogen-bond donors (Lipinski definition) is 3. The van der Waals surface area contributed by atoms with Crippen LogP contribution in [0.3, 0.4) is 0 Å². The fourth-order valence-corrected chi connectivity index (χ4v) is 2.26. The average molecular weight is 375 g/mol. The lowest BCUT2D eigenvalue weighted by atomic mass is 10.3. The van der Waals surface area contributed by atoms with Crippen LogP contribution in [-0.4, -0.2) is 27.6 Å². The Hall–Kier alpha value is -2.51. The number of rotatable bonds is 4. The van der Waals surface area contributed by atoms with E-state index < -0.39 is 0 Å². The smallest absolute Gasteiger partial charge is 0.208 e. The second kappa shape index (κ2) is 9.10. The minimum atomic E-state index is 0.325. The molecule has 2 rings (SSSR count). The molecule has 6 nitrogen and oxygen atoms in total. The lowest BCUT2D eigenvalue weighted by Gasteiger charge is -2.13. The molecular formula is C17H19ClN6S. The second-order valence-electron chi connectivity index (χ2n) is 5.13. The molecule has 0 aliphatic rings. The van der Waals surface area contributed by atoms with Crippen LogP contribution >= 0.6 is 23.8 Å². The van der Waals surface area contributed by atoms with Gasteiger partial charge in [0, 0.05) is 29.0 Å². The molecule has 25 heavy (non-hydrogen) atoms. The van der Waals surface area contributed by atoms with Crippen molar-refractivity contribution in [3.63, 3.8) is 0 Å². The van der Waals surface area contributed by atoms with Gasteiger partial charge in [0.2, 0.25) is 5.96 Å². The van der Waals surface area contributed by atoms with Crippen LogP contribution in [0.15, 0.2) is 48.0 Å². The minimum absolute atomic E-state index is 0.325. The predicted octanol–water partition coefficient (Wildman–Crippen LogP) is 3.69. The summed E-state index contributed by atoms with van der Waals surface area (Å²) in [6, 6.07) is 9.09. The molecule has 0 radical (unpaired) electrons. The number of anilines is 2. The number of benzene rings is 1. The molecule has 1 aromatic carbocycles. The quantitative estimate of drug-likeness (QED) is 0.328. The van der Waals surface area contributed by atoms with Gasteiger partial charge in [-0.1, -0.05) is 17.7 Å². The van der Waals surface area contributed by atoms with E-state index in [9.17, 15) is 0 Å². The van der Waals surface area contributed by atoms with E-state index in [0.717, 1.165) is 11.4 Å². The van der Waals surface area contributed by atoms with Crippen LogP contribution in [0.25, 0.3) is 0 Å². The third-order valence-electron chi connectivity index (χ3n) is 2.93. The van der Waals surface area contributed by atoms with Crippen LogP contribution in [-0.2, 0) is 0 Å². The molecule has 8 heteroatoms. The first kappa shape index (κ1) is 18.8. The Morgan fingerprint density at radius 3 is 2.60 bits per heavy atom. The van der Waals surface area contributed by atoms with E-state index >= 15 is 0 Å². The van der Waals surface area contributed by atoms with E-state index in [1.165, 1.54) is 0 Å². The third-order valence-corrected chi connectivity index (χ3v) is 3.42. The van der Waals surface area contributed by atoms with E-state index in [2.05, 4.69) is 37.5 Å². The van der Waals surface area contributed by atoms with Gasteiger partial charge in [0.25, 0.3) is 0 Å². The lowest BCUT2D eigenvalue weighted by molar-refractivity contribution is 1.02. The normalized spacial score (nSPS) is 10.9. The van der Waals surface area contributed by atoms with Gasteiger partial charge < -0.3 is 16.0 Å². The molecule has 1 aromatic heterocycles. The molecule has 0 fully saturated rings. The number of guanidine groups is 1. The van der Waals surface area contributed by atoms with Gasteiger partial charge in [-0.3, -0.25) is 0 Å². The van der Waals surface area contributed by atoms with E-state index in [4.69, 9.17) is 23.8 Å². The molecular weight excluding hydrogens is 356 g/mol. The fraction of sp³-hybridized carbons (Fsp3) is 0.176. The molecule has 0 aliphatic heterocycles. The molecule has 2 aromatic rings. The molecule has 3 N–H and O–H groups in total. The summed E-state index contributed by atoms with van der Waals surface area (Å²) in [5, 5.41) is 10.2. The average Bonchev–Trinajstić information content (AvgIpc) is 2.54. The zero-order valence-electron chi connectivity index (χ0n) is 14.0. The summed E-state index contributed by atoms with van der Waals surface area (Å²) >= 11 is 11.1. The van der Waals surface area contributed by atoms with Crippen molar-refractivity contribution in [2.45, 2.75) is 13.8 Å². The fourth-order valence-electron chi connectivity index (χ4n) is 1.96. The molecule has 0 amide bonds.